The maximum absolute atomic E-state index is 13.6. The number of benzene rings is 6. The highest BCUT2D eigenvalue weighted by Gasteiger charge is 2.22. The number of amides is 1. The molecule has 7 nitrogen and oxygen atoms in total. The lowest BCUT2D eigenvalue weighted by Gasteiger charge is -2.13. The van der Waals surface area contributed by atoms with Crippen LogP contribution in [-0.2, 0) is 0 Å². The van der Waals surface area contributed by atoms with Gasteiger partial charge < -0.3 is 20.1 Å². The van der Waals surface area contributed by atoms with E-state index in [4.69, 9.17) is 4.74 Å². The smallest absolute Gasteiger partial charge is 0.259 e. The third kappa shape index (κ3) is 4.19. The van der Waals surface area contributed by atoms with Crippen molar-refractivity contribution in [1.82, 2.24) is 4.98 Å². The number of para-hydroxylation sites is 1. The molecule has 0 aliphatic heterocycles. The van der Waals surface area contributed by atoms with Gasteiger partial charge in [0.2, 0.25) is 0 Å². The second-order valence-electron chi connectivity index (χ2n) is 10.2. The number of azo groups is 1. The highest BCUT2D eigenvalue weighted by Crippen LogP contribution is 2.44. The van der Waals surface area contributed by atoms with Gasteiger partial charge >= 0.3 is 0 Å². The zero-order chi connectivity index (χ0) is 28.8. The highest BCUT2D eigenvalue weighted by molar-refractivity contribution is 6.22. The number of aromatic hydroxyl groups is 1. The zero-order valence-corrected chi connectivity index (χ0v) is 23.0. The number of fused-ring (bicyclic) bond motifs is 6. The van der Waals surface area contributed by atoms with Crippen LogP contribution in [0.15, 0.2) is 113 Å². The topological polar surface area (TPSA) is 99.1 Å². The summed E-state index contributed by atoms with van der Waals surface area (Å²) in [6.45, 7) is 1.88. The van der Waals surface area contributed by atoms with Crippen LogP contribution in [0.5, 0.6) is 11.5 Å². The van der Waals surface area contributed by atoms with Crippen molar-refractivity contribution in [2.45, 2.75) is 6.92 Å². The van der Waals surface area contributed by atoms with Crippen molar-refractivity contribution >= 4 is 66.3 Å². The lowest BCUT2D eigenvalue weighted by atomic mass is 10.00. The molecule has 0 spiro atoms. The fourth-order valence-electron chi connectivity index (χ4n) is 5.54. The zero-order valence-electron chi connectivity index (χ0n) is 23.0. The number of hydrogen-bond acceptors (Lipinski definition) is 5. The molecule has 0 bridgehead atoms. The lowest BCUT2D eigenvalue weighted by molar-refractivity contribution is 0.102. The summed E-state index contributed by atoms with van der Waals surface area (Å²) < 4.78 is 5.29. The number of aryl methyl sites for hydroxylation is 1. The summed E-state index contributed by atoms with van der Waals surface area (Å²) in [7, 11) is 1.60. The van der Waals surface area contributed by atoms with Crippen LogP contribution in [-0.4, -0.2) is 23.1 Å². The number of nitrogens with one attached hydrogen (secondary N) is 2. The van der Waals surface area contributed by atoms with Gasteiger partial charge in [-0.15, -0.1) is 10.2 Å². The second-order valence-corrected chi connectivity index (χ2v) is 10.2. The summed E-state index contributed by atoms with van der Waals surface area (Å²) in [5.41, 5.74) is 4.20. The molecule has 7 heteroatoms. The summed E-state index contributed by atoms with van der Waals surface area (Å²) in [5.74, 6) is -0.0140. The molecule has 1 aromatic heterocycles. The van der Waals surface area contributed by atoms with E-state index in [1.807, 2.05) is 85.8 Å². The molecule has 0 fully saturated rings. The molecule has 0 aliphatic carbocycles. The molecule has 7 aromatic rings. The molecule has 1 heterocycles. The molecule has 3 N–H and O–H groups in total. The van der Waals surface area contributed by atoms with E-state index in [0.29, 0.717) is 22.5 Å². The Morgan fingerprint density at radius 2 is 1.60 bits per heavy atom. The Kier molecular flexibility index (Phi) is 6.05. The van der Waals surface area contributed by atoms with E-state index >= 15 is 0 Å². The van der Waals surface area contributed by atoms with E-state index in [0.717, 1.165) is 43.5 Å². The van der Waals surface area contributed by atoms with Gasteiger partial charge in [-0.3, -0.25) is 4.79 Å². The Morgan fingerprint density at radius 3 is 2.43 bits per heavy atom. The van der Waals surface area contributed by atoms with E-state index in [9.17, 15) is 9.90 Å². The minimum Gasteiger partial charge on any atom is -0.505 e. The number of methoxy groups -OCH3 is 1. The molecule has 0 unspecified atom stereocenters. The number of aromatic nitrogens is 1. The monoisotopic (exact) mass is 550 g/mol. The van der Waals surface area contributed by atoms with Gasteiger partial charge in [-0.05, 0) is 59.7 Å². The van der Waals surface area contributed by atoms with Gasteiger partial charge in [-0.2, -0.15) is 0 Å². The van der Waals surface area contributed by atoms with E-state index in [2.05, 4.69) is 26.6 Å². The number of ether oxygens (including phenoxy) is 1. The number of carbonyl (C=O) groups excluding carboxylic acids is 1. The quantitative estimate of drug-likeness (QED) is 0.186. The number of nitrogens with zero attached hydrogens (tertiary/aromatic N) is 2. The van der Waals surface area contributed by atoms with E-state index < -0.39 is 5.91 Å². The largest absolute Gasteiger partial charge is 0.505 e. The van der Waals surface area contributed by atoms with Crippen molar-refractivity contribution in [1.29, 1.82) is 0 Å². The Bertz CT molecular complexity index is 2210. The van der Waals surface area contributed by atoms with Gasteiger partial charge in [0.05, 0.1) is 23.9 Å². The van der Waals surface area contributed by atoms with Crippen LogP contribution in [0.1, 0.15) is 15.9 Å². The van der Waals surface area contributed by atoms with Gasteiger partial charge in [0, 0.05) is 32.7 Å². The average molecular weight is 551 g/mol. The predicted molar refractivity (Wildman–Crippen MR) is 169 cm³/mol. The number of anilines is 1. The first-order valence-corrected chi connectivity index (χ1v) is 13.6. The Morgan fingerprint density at radius 1 is 0.810 bits per heavy atom. The van der Waals surface area contributed by atoms with Crippen LogP contribution >= 0.6 is 0 Å². The number of H-pyrrole nitrogens is 1. The second kappa shape index (κ2) is 10.1. The van der Waals surface area contributed by atoms with Crippen LogP contribution in [0.4, 0.5) is 17.1 Å². The van der Waals surface area contributed by atoms with E-state index in [-0.39, 0.29) is 17.0 Å². The predicted octanol–water partition coefficient (Wildman–Crippen LogP) is 9.32. The third-order valence-electron chi connectivity index (χ3n) is 7.68. The molecular formula is C35H26N4O3. The Balaban J connectivity index is 1.44. The van der Waals surface area contributed by atoms with Crippen molar-refractivity contribution in [2.75, 3.05) is 12.4 Å². The molecule has 0 aliphatic rings. The maximum Gasteiger partial charge on any atom is 0.259 e. The first kappa shape index (κ1) is 25.3. The van der Waals surface area contributed by atoms with Gasteiger partial charge in [0.25, 0.3) is 5.91 Å². The number of hydrogen-bond donors (Lipinski definition) is 3. The number of aromatic amines is 1. The molecule has 1 amide bonds. The molecule has 6 aromatic carbocycles. The van der Waals surface area contributed by atoms with Gasteiger partial charge in [-0.1, -0.05) is 66.7 Å². The lowest BCUT2D eigenvalue weighted by Crippen LogP contribution is -2.13. The molecule has 7 rings (SSSR count). The highest BCUT2D eigenvalue weighted by atomic mass is 16.5. The summed E-state index contributed by atoms with van der Waals surface area (Å²) >= 11 is 0. The summed E-state index contributed by atoms with van der Waals surface area (Å²) in [5, 5.41) is 29.3. The number of carbonyl (C=O) groups is 1. The number of phenolic OH excluding ortho intramolecular Hbond substituents is 1. The van der Waals surface area contributed by atoms with Gasteiger partial charge in [0.1, 0.15) is 11.4 Å². The SMILES string of the molecule is COc1ccc(NC(=O)c2cc3ccc4c5ccccc5[nH]c4c3c(N=Nc3cccc4ccccc34)c2O)c(C)c1. The minimum atomic E-state index is -0.457. The number of rotatable bonds is 5. The van der Waals surface area contributed by atoms with Crippen LogP contribution in [0, 0.1) is 6.92 Å². The fourth-order valence-corrected chi connectivity index (χ4v) is 5.54. The van der Waals surface area contributed by atoms with E-state index in [1.54, 1.807) is 25.3 Å². The number of phenols is 1. The van der Waals surface area contributed by atoms with Crippen LogP contribution in [0.25, 0.3) is 43.4 Å². The Labute approximate surface area is 241 Å². The van der Waals surface area contributed by atoms with Gasteiger partial charge in [-0.25, -0.2) is 0 Å². The van der Waals surface area contributed by atoms with Crippen molar-refractivity contribution < 1.29 is 14.6 Å². The fraction of sp³-hybridized carbons (Fsp3) is 0.0571. The van der Waals surface area contributed by atoms with E-state index in [1.165, 1.54) is 0 Å². The maximum atomic E-state index is 13.6. The average Bonchev–Trinajstić information content (AvgIpc) is 3.40. The first-order valence-electron chi connectivity index (χ1n) is 13.6. The standard InChI is InChI=1S/C35H26N4O3/c1-20-18-23(42-2)15-17-28(20)37-35(41)27-19-22-14-16-26-25-11-5-6-12-29(25)36-32(26)31(22)33(34(27)40)39-38-30-13-7-9-21-8-3-4-10-24(21)30/h3-19,36,40H,1-2H3,(H,37,41). The molecule has 42 heavy (non-hydrogen) atoms. The van der Waals surface area contributed by atoms with Crippen LogP contribution in [0.3, 0.4) is 0 Å². The van der Waals surface area contributed by atoms with Crippen LogP contribution in [0.2, 0.25) is 0 Å². The summed E-state index contributed by atoms with van der Waals surface area (Å²) in [6.07, 6.45) is 0. The molecule has 0 saturated heterocycles. The summed E-state index contributed by atoms with van der Waals surface area (Å²) in [4.78, 5) is 17.1. The molecule has 0 saturated carbocycles. The van der Waals surface area contributed by atoms with Crippen molar-refractivity contribution in [3.63, 3.8) is 0 Å². The van der Waals surface area contributed by atoms with Crippen molar-refractivity contribution in [2.24, 2.45) is 10.2 Å². The third-order valence-corrected chi connectivity index (χ3v) is 7.68. The van der Waals surface area contributed by atoms with Crippen molar-refractivity contribution in [3.05, 3.63) is 114 Å². The van der Waals surface area contributed by atoms with Crippen LogP contribution < -0.4 is 10.1 Å². The molecule has 0 radical (unpaired) electrons. The molecular weight excluding hydrogens is 524 g/mol. The first-order chi connectivity index (χ1) is 20.5. The minimum absolute atomic E-state index is 0.0973. The molecule has 204 valence electrons. The summed E-state index contributed by atoms with van der Waals surface area (Å²) in [6, 6.07) is 32.8. The Hall–Kier alpha value is -5.69. The normalized spacial score (nSPS) is 11.7. The van der Waals surface area contributed by atoms with Gasteiger partial charge in [0.15, 0.2) is 5.75 Å². The van der Waals surface area contributed by atoms with Crippen molar-refractivity contribution in [3.8, 4) is 11.5 Å². The molecule has 0 atom stereocenters.